The maximum Gasteiger partial charge on any atom is 0.295 e. The van der Waals surface area contributed by atoms with E-state index in [1.807, 2.05) is 18.2 Å². The Kier molecular flexibility index (Phi) is 4.47. The van der Waals surface area contributed by atoms with Gasteiger partial charge in [0.2, 0.25) is 0 Å². The molecule has 0 saturated heterocycles. The number of benzene rings is 2. The van der Waals surface area contributed by atoms with Crippen LogP contribution in [0.4, 0.5) is 0 Å². The van der Waals surface area contributed by atoms with E-state index in [9.17, 15) is 8.42 Å². The predicted molar refractivity (Wildman–Crippen MR) is 74.6 cm³/mol. The number of nitrogens with two attached hydrogens (primary N) is 2. The molecule has 0 amide bonds. The Morgan fingerprint density at radius 2 is 1.68 bits per heavy atom. The fourth-order valence-electron chi connectivity index (χ4n) is 1.69. The van der Waals surface area contributed by atoms with Crippen LogP contribution in [0.15, 0.2) is 41.3 Å². The van der Waals surface area contributed by atoms with Gasteiger partial charge in [0.15, 0.2) is 5.96 Å². The minimum Gasteiger partial charge on any atom is -0.370 e. The van der Waals surface area contributed by atoms with Crippen molar-refractivity contribution in [1.29, 1.82) is 5.41 Å². The van der Waals surface area contributed by atoms with E-state index in [1.54, 1.807) is 25.1 Å². The third-order valence-electron chi connectivity index (χ3n) is 2.33. The lowest BCUT2D eigenvalue weighted by Crippen LogP contribution is -2.20. The summed E-state index contributed by atoms with van der Waals surface area (Å²) in [6.45, 7) is 1.66. The van der Waals surface area contributed by atoms with E-state index >= 15 is 0 Å². The zero-order valence-electron chi connectivity index (χ0n) is 10.3. The normalized spacial score (nSPS) is 10.6. The van der Waals surface area contributed by atoms with Gasteiger partial charge in [-0.25, -0.2) is 0 Å². The van der Waals surface area contributed by atoms with Gasteiger partial charge >= 0.3 is 0 Å². The Morgan fingerprint density at radius 1 is 1.16 bits per heavy atom. The van der Waals surface area contributed by atoms with Crippen molar-refractivity contribution in [3.05, 3.63) is 42.0 Å². The molecule has 0 aliphatic rings. The van der Waals surface area contributed by atoms with Crippen molar-refractivity contribution < 1.29 is 13.0 Å². The second-order valence-electron chi connectivity index (χ2n) is 3.86. The molecular weight excluding hydrogens is 266 g/mol. The van der Waals surface area contributed by atoms with Gasteiger partial charge in [-0.05, 0) is 17.9 Å². The van der Waals surface area contributed by atoms with Crippen molar-refractivity contribution in [2.24, 2.45) is 11.5 Å². The van der Waals surface area contributed by atoms with Gasteiger partial charge in [-0.2, -0.15) is 8.42 Å². The first kappa shape index (κ1) is 14.9. The van der Waals surface area contributed by atoms with Crippen LogP contribution in [0.1, 0.15) is 5.56 Å². The van der Waals surface area contributed by atoms with Gasteiger partial charge in [0, 0.05) is 5.39 Å². The van der Waals surface area contributed by atoms with Crippen LogP contribution < -0.4 is 11.5 Å². The summed E-state index contributed by atoms with van der Waals surface area (Å²) in [5, 5.41) is 7.41. The van der Waals surface area contributed by atoms with Crippen LogP contribution in [0.3, 0.4) is 0 Å². The highest BCUT2D eigenvalue weighted by Crippen LogP contribution is 2.25. The summed E-state index contributed by atoms with van der Waals surface area (Å²) >= 11 is 0. The number of fused-ring (bicyclic) bond motifs is 1. The SMILES string of the molecule is Cc1ccc2ccccc2c1S(=O)(=O)O.N=C(N)N. The summed E-state index contributed by atoms with van der Waals surface area (Å²) < 4.78 is 31.6. The Morgan fingerprint density at radius 3 is 2.21 bits per heavy atom. The van der Waals surface area contributed by atoms with Gasteiger partial charge in [-0.1, -0.05) is 36.4 Å². The van der Waals surface area contributed by atoms with E-state index < -0.39 is 10.1 Å². The van der Waals surface area contributed by atoms with E-state index in [2.05, 4.69) is 11.5 Å². The number of nitrogens with one attached hydrogen (secondary N) is 1. The first-order chi connectivity index (χ1) is 8.73. The molecule has 0 saturated carbocycles. The van der Waals surface area contributed by atoms with Crippen LogP contribution in [-0.4, -0.2) is 18.9 Å². The maximum atomic E-state index is 11.2. The number of hydrogen-bond acceptors (Lipinski definition) is 3. The lowest BCUT2D eigenvalue weighted by molar-refractivity contribution is 0.483. The highest BCUT2D eigenvalue weighted by atomic mass is 32.2. The molecule has 0 atom stereocenters. The summed E-state index contributed by atoms with van der Waals surface area (Å²) in [5.41, 5.74) is 9.50. The van der Waals surface area contributed by atoms with Gasteiger partial charge in [0.25, 0.3) is 10.1 Å². The largest absolute Gasteiger partial charge is 0.370 e. The topological polar surface area (TPSA) is 130 Å². The predicted octanol–water partition coefficient (Wildman–Crippen LogP) is 1.23. The van der Waals surface area contributed by atoms with Gasteiger partial charge in [0.1, 0.15) is 4.90 Å². The second-order valence-corrected chi connectivity index (χ2v) is 5.22. The van der Waals surface area contributed by atoms with E-state index in [1.165, 1.54) is 0 Å². The van der Waals surface area contributed by atoms with Crippen molar-refractivity contribution in [2.45, 2.75) is 11.8 Å². The number of hydrogen-bond donors (Lipinski definition) is 4. The van der Waals surface area contributed by atoms with Gasteiger partial charge in [0.05, 0.1) is 0 Å². The number of rotatable bonds is 1. The summed E-state index contributed by atoms with van der Waals surface area (Å²) in [4.78, 5) is 0.000556. The minimum absolute atomic E-state index is 0.000556. The Labute approximate surface area is 111 Å². The van der Waals surface area contributed by atoms with E-state index in [-0.39, 0.29) is 10.9 Å². The molecular formula is C12H15N3O3S. The molecule has 6 nitrogen and oxygen atoms in total. The molecule has 102 valence electrons. The summed E-state index contributed by atoms with van der Waals surface area (Å²) in [6, 6.07) is 10.6. The van der Waals surface area contributed by atoms with Crippen molar-refractivity contribution in [3.8, 4) is 0 Å². The van der Waals surface area contributed by atoms with E-state index in [0.717, 1.165) is 5.39 Å². The first-order valence-electron chi connectivity index (χ1n) is 5.29. The van der Waals surface area contributed by atoms with Crippen LogP contribution in [0, 0.1) is 12.3 Å². The average molecular weight is 281 g/mol. The molecule has 2 aromatic carbocycles. The summed E-state index contributed by atoms with van der Waals surface area (Å²) in [5.74, 6) is -0.333. The third kappa shape index (κ3) is 3.94. The van der Waals surface area contributed by atoms with Crippen LogP contribution in [-0.2, 0) is 10.1 Å². The third-order valence-corrected chi connectivity index (χ3v) is 3.39. The standard InChI is InChI=1S/C11H10O3S.CH5N3/c1-8-6-7-9-4-2-3-5-10(9)11(8)15(12,13)14;2-1(3)4/h2-7H,1H3,(H,12,13,14);(H5,2,3,4). The number of aryl methyl sites for hydroxylation is 1. The van der Waals surface area contributed by atoms with Gasteiger partial charge in [-0.15, -0.1) is 0 Å². The van der Waals surface area contributed by atoms with Crippen LogP contribution >= 0.6 is 0 Å². The monoisotopic (exact) mass is 281 g/mol. The molecule has 0 fully saturated rings. The molecule has 0 unspecified atom stereocenters. The van der Waals surface area contributed by atoms with Crippen LogP contribution in [0.2, 0.25) is 0 Å². The van der Waals surface area contributed by atoms with Crippen molar-refractivity contribution in [3.63, 3.8) is 0 Å². The van der Waals surface area contributed by atoms with E-state index in [4.69, 9.17) is 9.96 Å². The zero-order chi connectivity index (χ0) is 14.6. The summed E-state index contributed by atoms with van der Waals surface area (Å²) in [7, 11) is -4.16. The molecule has 6 N–H and O–H groups in total. The molecule has 7 heteroatoms. The molecule has 0 spiro atoms. The fraction of sp³-hybridized carbons (Fsp3) is 0.0833. The van der Waals surface area contributed by atoms with Crippen LogP contribution in [0.25, 0.3) is 10.8 Å². The minimum atomic E-state index is -4.16. The second kappa shape index (κ2) is 5.68. The highest BCUT2D eigenvalue weighted by Gasteiger charge is 2.16. The zero-order valence-corrected chi connectivity index (χ0v) is 11.1. The molecule has 0 aliphatic heterocycles. The lowest BCUT2D eigenvalue weighted by Gasteiger charge is -2.06. The van der Waals surface area contributed by atoms with Gasteiger partial charge in [-0.3, -0.25) is 9.96 Å². The highest BCUT2D eigenvalue weighted by molar-refractivity contribution is 7.86. The van der Waals surface area contributed by atoms with E-state index in [0.29, 0.717) is 10.9 Å². The van der Waals surface area contributed by atoms with Crippen molar-refractivity contribution in [1.82, 2.24) is 0 Å². The molecule has 0 aliphatic carbocycles. The molecule has 0 radical (unpaired) electrons. The molecule has 2 rings (SSSR count). The molecule has 19 heavy (non-hydrogen) atoms. The van der Waals surface area contributed by atoms with Crippen molar-refractivity contribution >= 4 is 26.9 Å². The molecule has 0 aromatic heterocycles. The Bertz CT molecular complexity index is 707. The molecule has 0 heterocycles. The first-order valence-corrected chi connectivity index (χ1v) is 6.73. The summed E-state index contributed by atoms with van der Waals surface area (Å²) in [6.07, 6.45) is 0. The average Bonchev–Trinajstić information content (AvgIpc) is 2.26. The number of guanidine groups is 1. The quantitative estimate of drug-likeness (QED) is 0.355. The van der Waals surface area contributed by atoms with Gasteiger partial charge < -0.3 is 11.5 Å². The Hall–Kier alpha value is -2.12. The van der Waals surface area contributed by atoms with Crippen molar-refractivity contribution in [2.75, 3.05) is 0 Å². The fourth-order valence-corrected chi connectivity index (χ4v) is 2.63. The molecule has 2 aromatic rings. The van der Waals surface area contributed by atoms with Crippen LogP contribution in [0.5, 0.6) is 0 Å². The Balaban J connectivity index is 0.000000399. The maximum absolute atomic E-state index is 11.2. The lowest BCUT2D eigenvalue weighted by atomic mass is 10.1. The smallest absolute Gasteiger partial charge is 0.295 e. The molecule has 0 bridgehead atoms.